The number of nitrogens with one attached hydrogen (secondary N) is 1. The number of aryl methyl sites for hydroxylation is 1. The quantitative estimate of drug-likeness (QED) is 0.237. The van der Waals surface area contributed by atoms with Crippen LogP contribution in [0.2, 0.25) is 0 Å². The van der Waals surface area contributed by atoms with Crippen LogP contribution in [0.25, 0.3) is 11.3 Å². The molecule has 2 aromatic heterocycles. The van der Waals surface area contributed by atoms with E-state index >= 15 is 0 Å². The third-order valence-electron chi connectivity index (χ3n) is 6.74. The summed E-state index contributed by atoms with van der Waals surface area (Å²) in [5, 5.41) is 2.61. The maximum Gasteiger partial charge on any atom is 0.416 e. The van der Waals surface area contributed by atoms with Crippen molar-refractivity contribution in [2.24, 2.45) is 0 Å². The summed E-state index contributed by atoms with van der Waals surface area (Å²) in [7, 11) is 0. The molecule has 0 unspecified atom stereocenters. The van der Waals surface area contributed by atoms with Crippen molar-refractivity contribution < 1.29 is 27.1 Å². The van der Waals surface area contributed by atoms with Crippen LogP contribution in [-0.2, 0) is 12.6 Å². The molecule has 4 aromatic rings. The van der Waals surface area contributed by atoms with E-state index in [0.717, 1.165) is 37.5 Å². The summed E-state index contributed by atoms with van der Waals surface area (Å²) in [6.07, 6.45) is 1.95. The molecule has 5 rings (SSSR count). The number of benzene rings is 2. The van der Waals surface area contributed by atoms with Crippen LogP contribution in [0.3, 0.4) is 0 Å². The van der Waals surface area contributed by atoms with Crippen molar-refractivity contribution in [3.8, 4) is 22.9 Å². The Morgan fingerprint density at radius 2 is 1.80 bits per heavy atom. The van der Waals surface area contributed by atoms with Crippen molar-refractivity contribution in [1.29, 1.82) is 0 Å². The van der Waals surface area contributed by atoms with Gasteiger partial charge in [-0.3, -0.25) is 4.79 Å². The number of alkyl halides is 3. The van der Waals surface area contributed by atoms with Gasteiger partial charge in [-0.05, 0) is 73.9 Å². The molecule has 1 aliphatic heterocycles. The summed E-state index contributed by atoms with van der Waals surface area (Å²) in [5.74, 6) is -1.06. The van der Waals surface area contributed by atoms with Crippen LogP contribution in [0, 0.1) is 5.82 Å². The van der Waals surface area contributed by atoms with Crippen molar-refractivity contribution in [3.05, 3.63) is 89.8 Å². The first-order valence-corrected chi connectivity index (χ1v) is 13.2. The molecule has 7 nitrogen and oxygen atoms in total. The zero-order valence-electron chi connectivity index (χ0n) is 22.2. The number of anilines is 2. The lowest BCUT2D eigenvalue weighted by Crippen LogP contribution is -2.30. The van der Waals surface area contributed by atoms with Crippen LogP contribution in [-0.4, -0.2) is 33.9 Å². The number of amides is 1. The minimum absolute atomic E-state index is 0.00353. The van der Waals surface area contributed by atoms with E-state index in [1.807, 2.05) is 11.8 Å². The predicted molar refractivity (Wildman–Crippen MR) is 147 cm³/mol. The van der Waals surface area contributed by atoms with Gasteiger partial charge in [-0.1, -0.05) is 6.92 Å². The van der Waals surface area contributed by atoms with Crippen molar-refractivity contribution in [1.82, 2.24) is 15.0 Å². The highest BCUT2D eigenvalue weighted by atomic mass is 19.4. The number of carbonyl (C=O) groups excluding carboxylic acids is 1. The number of nitrogens with zero attached hydrogens (tertiary/aromatic N) is 4. The van der Waals surface area contributed by atoms with Crippen molar-refractivity contribution in [2.45, 2.75) is 38.8 Å². The summed E-state index contributed by atoms with van der Waals surface area (Å²) in [4.78, 5) is 28.1. The van der Waals surface area contributed by atoms with Gasteiger partial charge in [0.1, 0.15) is 5.82 Å². The number of carbonyl (C=O) groups is 1. The molecule has 3 heterocycles. The molecular weight excluding hydrogens is 538 g/mol. The third kappa shape index (κ3) is 6.45. The number of piperidine rings is 1. The van der Waals surface area contributed by atoms with Crippen LogP contribution in [0.1, 0.15) is 47.9 Å². The van der Waals surface area contributed by atoms with E-state index in [-0.39, 0.29) is 22.9 Å². The zero-order valence-corrected chi connectivity index (χ0v) is 22.2. The number of halogens is 4. The van der Waals surface area contributed by atoms with Gasteiger partial charge in [0.15, 0.2) is 11.6 Å². The van der Waals surface area contributed by atoms with E-state index in [0.29, 0.717) is 42.3 Å². The maximum atomic E-state index is 14.8. The van der Waals surface area contributed by atoms with Gasteiger partial charge < -0.3 is 15.0 Å². The second-order valence-electron chi connectivity index (χ2n) is 9.55. The van der Waals surface area contributed by atoms with Gasteiger partial charge in [0.2, 0.25) is 5.88 Å². The largest absolute Gasteiger partial charge is 0.435 e. The molecule has 212 valence electrons. The van der Waals surface area contributed by atoms with Gasteiger partial charge in [-0.15, -0.1) is 0 Å². The number of aromatic nitrogens is 3. The van der Waals surface area contributed by atoms with Gasteiger partial charge in [-0.2, -0.15) is 13.2 Å². The van der Waals surface area contributed by atoms with E-state index in [1.54, 1.807) is 24.4 Å². The SMILES string of the molecule is CCc1nccc(-c2cccnc2Oc2cc(C(=O)Nc3cc(C(F)(F)F)ccc3N3CCCCC3)ccc2F)n1. The number of hydrogen-bond acceptors (Lipinski definition) is 6. The van der Waals surface area contributed by atoms with Crippen LogP contribution in [0.4, 0.5) is 28.9 Å². The van der Waals surface area contributed by atoms with E-state index in [9.17, 15) is 22.4 Å². The molecule has 0 radical (unpaired) electrons. The Hall–Kier alpha value is -4.54. The fourth-order valence-corrected chi connectivity index (χ4v) is 4.63. The van der Waals surface area contributed by atoms with Gasteiger partial charge in [0, 0.05) is 37.5 Å². The standard InChI is InChI=1S/C30H27F4N5O2/c1-2-27-35-14-12-23(37-27)21-7-6-13-36-29(21)41-26-17-19(8-10-22(26)31)28(40)38-24-18-20(30(32,33)34)9-11-25(24)39-15-4-3-5-16-39/h6-14,17-18H,2-5,15-16H2,1H3,(H,38,40). The molecule has 0 atom stereocenters. The Morgan fingerprint density at radius 1 is 1.00 bits per heavy atom. The second-order valence-corrected chi connectivity index (χ2v) is 9.55. The van der Waals surface area contributed by atoms with E-state index in [2.05, 4.69) is 20.3 Å². The average Bonchev–Trinajstić information content (AvgIpc) is 2.98. The number of hydrogen-bond donors (Lipinski definition) is 1. The minimum atomic E-state index is -4.58. The van der Waals surface area contributed by atoms with Gasteiger partial charge in [0.05, 0.1) is 28.2 Å². The molecule has 1 fully saturated rings. The highest BCUT2D eigenvalue weighted by molar-refractivity contribution is 6.06. The molecule has 0 spiro atoms. The van der Waals surface area contributed by atoms with Gasteiger partial charge >= 0.3 is 6.18 Å². The summed E-state index contributed by atoms with van der Waals surface area (Å²) >= 11 is 0. The molecule has 1 saturated heterocycles. The first kappa shape index (κ1) is 28.0. The van der Waals surface area contributed by atoms with Crippen LogP contribution in [0.15, 0.2) is 67.0 Å². The minimum Gasteiger partial charge on any atom is -0.435 e. The lowest BCUT2D eigenvalue weighted by atomic mass is 10.1. The molecule has 2 aromatic carbocycles. The Morgan fingerprint density at radius 3 is 2.56 bits per heavy atom. The molecule has 41 heavy (non-hydrogen) atoms. The first-order valence-electron chi connectivity index (χ1n) is 13.2. The molecule has 0 aliphatic carbocycles. The molecule has 0 bridgehead atoms. The Kier molecular flexibility index (Phi) is 8.14. The van der Waals surface area contributed by atoms with E-state index in [1.165, 1.54) is 24.4 Å². The summed E-state index contributed by atoms with van der Waals surface area (Å²) in [5.41, 5.74) is 0.671. The first-order chi connectivity index (χ1) is 19.7. The molecule has 1 amide bonds. The average molecular weight is 566 g/mol. The normalized spacial score (nSPS) is 13.6. The topological polar surface area (TPSA) is 80.2 Å². The highest BCUT2D eigenvalue weighted by Gasteiger charge is 2.32. The maximum absolute atomic E-state index is 14.8. The number of ether oxygens (including phenoxy) is 1. The monoisotopic (exact) mass is 565 g/mol. The van der Waals surface area contributed by atoms with Crippen molar-refractivity contribution in [2.75, 3.05) is 23.3 Å². The molecule has 1 aliphatic rings. The Balaban J connectivity index is 1.44. The van der Waals surface area contributed by atoms with Crippen molar-refractivity contribution in [3.63, 3.8) is 0 Å². The summed E-state index contributed by atoms with van der Waals surface area (Å²) < 4.78 is 61.2. The van der Waals surface area contributed by atoms with Gasteiger partial charge in [0.25, 0.3) is 5.91 Å². The van der Waals surface area contributed by atoms with Gasteiger partial charge in [-0.25, -0.2) is 19.3 Å². The Labute approximate surface area is 234 Å². The smallest absolute Gasteiger partial charge is 0.416 e. The lowest BCUT2D eigenvalue weighted by molar-refractivity contribution is -0.137. The second kappa shape index (κ2) is 11.9. The lowest BCUT2D eigenvalue weighted by Gasteiger charge is -2.31. The van der Waals surface area contributed by atoms with E-state index in [4.69, 9.17) is 4.74 Å². The Bertz CT molecular complexity index is 1550. The fraction of sp³-hybridized carbons (Fsp3) is 0.267. The van der Waals surface area contributed by atoms with Crippen LogP contribution >= 0.6 is 0 Å². The molecule has 1 N–H and O–H groups in total. The van der Waals surface area contributed by atoms with E-state index < -0.39 is 23.5 Å². The summed E-state index contributed by atoms with van der Waals surface area (Å²) in [6, 6.07) is 11.9. The predicted octanol–water partition coefficient (Wildman–Crippen LogP) is 7.29. The number of rotatable bonds is 7. The molecular formula is C30H27F4N5O2. The number of pyridine rings is 1. The summed E-state index contributed by atoms with van der Waals surface area (Å²) in [6.45, 7) is 3.25. The zero-order chi connectivity index (χ0) is 29.0. The highest BCUT2D eigenvalue weighted by Crippen LogP contribution is 2.37. The molecule has 0 saturated carbocycles. The van der Waals surface area contributed by atoms with Crippen LogP contribution < -0.4 is 15.0 Å². The van der Waals surface area contributed by atoms with Crippen LogP contribution in [0.5, 0.6) is 11.6 Å². The fourth-order valence-electron chi connectivity index (χ4n) is 4.63. The molecule has 11 heteroatoms. The third-order valence-corrected chi connectivity index (χ3v) is 6.74. The van der Waals surface area contributed by atoms with Crippen molar-refractivity contribution >= 4 is 17.3 Å².